The van der Waals surface area contributed by atoms with Crippen LogP contribution in [0.5, 0.6) is 0 Å². The van der Waals surface area contributed by atoms with Crippen molar-refractivity contribution in [3.8, 4) is 10.6 Å². The molecule has 2 aromatic rings. The minimum absolute atomic E-state index is 0.0496. The second-order valence-corrected chi connectivity index (χ2v) is 9.39. The summed E-state index contributed by atoms with van der Waals surface area (Å²) in [5, 5.41) is 21.5. The van der Waals surface area contributed by atoms with Gasteiger partial charge in [-0.15, -0.1) is 11.3 Å². The molecule has 1 saturated heterocycles. The van der Waals surface area contributed by atoms with E-state index in [1.54, 1.807) is 17.4 Å². The topological polar surface area (TPSA) is 108 Å². The van der Waals surface area contributed by atoms with Crippen molar-refractivity contribution in [3.05, 3.63) is 29.3 Å². The summed E-state index contributed by atoms with van der Waals surface area (Å²) in [5.41, 5.74) is 0.304. The van der Waals surface area contributed by atoms with Crippen LogP contribution in [-0.4, -0.2) is 65.3 Å². The van der Waals surface area contributed by atoms with Gasteiger partial charge in [-0.1, -0.05) is 17.6 Å². The predicted octanol–water partition coefficient (Wildman–Crippen LogP) is 2.26. The maximum Gasteiger partial charge on any atom is 0.273 e. The lowest BCUT2D eigenvalue weighted by molar-refractivity contribution is -0.131. The fourth-order valence-electron chi connectivity index (χ4n) is 4.17. The number of nitrogens with one attached hydrogen (secondary N) is 2. The van der Waals surface area contributed by atoms with Gasteiger partial charge in [0.15, 0.2) is 11.5 Å². The molecule has 0 aromatic carbocycles. The van der Waals surface area contributed by atoms with Crippen LogP contribution >= 0.6 is 11.3 Å². The van der Waals surface area contributed by atoms with Gasteiger partial charge in [0, 0.05) is 25.7 Å². The number of hydrogen-bond donors (Lipinski definition) is 3. The number of carbonyl (C=O) groups excluding carboxylic acids is 2. The second kappa shape index (κ2) is 10.4. The summed E-state index contributed by atoms with van der Waals surface area (Å²) in [6.45, 7) is 3.17. The van der Waals surface area contributed by atoms with E-state index in [0.717, 1.165) is 63.0 Å². The van der Waals surface area contributed by atoms with E-state index in [2.05, 4.69) is 20.7 Å². The van der Waals surface area contributed by atoms with Gasteiger partial charge in [0.1, 0.15) is 0 Å². The van der Waals surface area contributed by atoms with Crippen LogP contribution in [-0.2, 0) is 4.79 Å². The number of likely N-dealkylation sites (tertiary alicyclic amines) is 1. The van der Waals surface area contributed by atoms with Crippen LogP contribution < -0.4 is 10.6 Å². The number of carbonyl (C=O) groups is 2. The Morgan fingerprint density at radius 2 is 2.13 bits per heavy atom. The highest BCUT2D eigenvalue weighted by molar-refractivity contribution is 7.13. The number of nitrogens with zero attached hydrogens (tertiary/aromatic N) is 2. The molecule has 4 rings (SSSR count). The first kappa shape index (κ1) is 22.0. The Labute approximate surface area is 186 Å². The van der Waals surface area contributed by atoms with Crippen molar-refractivity contribution in [1.29, 1.82) is 0 Å². The third-order valence-electron chi connectivity index (χ3n) is 6.08. The summed E-state index contributed by atoms with van der Waals surface area (Å²) < 4.78 is 5.24. The molecule has 0 radical (unpaired) electrons. The number of rotatable bonds is 10. The van der Waals surface area contributed by atoms with Gasteiger partial charge >= 0.3 is 0 Å². The van der Waals surface area contributed by atoms with E-state index in [1.165, 1.54) is 0 Å². The van der Waals surface area contributed by atoms with Crippen LogP contribution in [0, 0.1) is 5.92 Å². The average molecular weight is 447 g/mol. The van der Waals surface area contributed by atoms with E-state index in [0.29, 0.717) is 18.0 Å². The average Bonchev–Trinajstić information content (AvgIpc) is 3.47. The lowest BCUT2D eigenvalue weighted by Crippen LogP contribution is -2.55. The number of amides is 2. The lowest BCUT2D eigenvalue weighted by Gasteiger charge is -2.38. The molecular weight excluding hydrogens is 416 g/mol. The number of thiophene rings is 1. The number of aliphatic hydroxyl groups is 1. The van der Waals surface area contributed by atoms with Crippen LogP contribution in [0.25, 0.3) is 10.6 Å². The van der Waals surface area contributed by atoms with E-state index < -0.39 is 0 Å². The Morgan fingerprint density at radius 3 is 2.87 bits per heavy atom. The minimum Gasteiger partial charge on any atom is -0.391 e. The van der Waals surface area contributed by atoms with Gasteiger partial charge in [-0.05, 0) is 50.1 Å². The zero-order valence-corrected chi connectivity index (χ0v) is 18.4. The van der Waals surface area contributed by atoms with Gasteiger partial charge in [0.25, 0.3) is 5.91 Å². The summed E-state index contributed by atoms with van der Waals surface area (Å²) in [4.78, 5) is 27.7. The van der Waals surface area contributed by atoms with Gasteiger partial charge in [0.05, 0.1) is 22.9 Å². The van der Waals surface area contributed by atoms with Gasteiger partial charge in [-0.25, -0.2) is 0 Å². The van der Waals surface area contributed by atoms with Crippen molar-refractivity contribution in [2.45, 2.75) is 50.7 Å². The van der Waals surface area contributed by atoms with Crippen molar-refractivity contribution in [2.24, 2.45) is 5.92 Å². The van der Waals surface area contributed by atoms with Crippen LogP contribution in [0.15, 0.2) is 28.1 Å². The third kappa shape index (κ3) is 5.72. The van der Waals surface area contributed by atoms with Crippen molar-refractivity contribution in [3.63, 3.8) is 0 Å². The largest absolute Gasteiger partial charge is 0.391 e. The maximum absolute atomic E-state index is 12.2. The first-order chi connectivity index (χ1) is 15.1. The molecule has 1 saturated carbocycles. The van der Waals surface area contributed by atoms with E-state index >= 15 is 0 Å². The molecule has 8 nitrogen and oxygen atoms in total. The maximum atomic E-state index is 12.2. The predicted molar refractivity (Wildman–Crippen MR) is 118 cm³/mol. The third-order valence-corrected chi connectivity index (χ3v) is 6.96. The van der Waals surface area contributed by atoms with Crippen LogP contribution in [0.4, 0.5) is 0 Å². The molecule has 2 aromatic heterocycles. The molecule has 3 heterocycles. The lowest BCUT2D eigenvalue weighted by atomic mass is 9.98. The fraction of sp³-hybridized carbons (Fsp3) is 0.591. The SMILES string of the molecule is O=C(NCCCCCN1CC(C(=O)NC2CCCC2O)C1)c1cc(-c2cccs2)on1. The van der Waals surface area contributed by atoms with Gasteiger partial charge < -0.3 is 25.2 Å². The summed E-state index contributed by atoms with van der Waals surface area (Å²) in [5.74, 6) is 0.533. The van der Waals surface area contributed by atoms with E-state index in [9.17, 15) is 14.7 Å². The van der Waals surface area contributed by atoms with E-state index in [4.69, 9.17) is 4.52 Å². The van der Waals surface area contributed by atoms with Crippen molar-refractivity contribution < 1.29 is 19.2 Å². The molecule has 2 amide bonds. The molecule has 31 heavy (non-hydrogen) atoms. The highest BCUT2D eigenvalue weighted by atomic mass is 32.1. The van der Waals surface area contributed by atoms with Gasteiger partial charge in [-0.3, -0.25) is 9.59 Å². The zero-order valence-electron chi connectivity index (χ0n) is 17.6. The van der Waals surface area contributed by atoms with Crippen LogP contribution in [0.2, 0.25) is 0 Å². The highest BCUT2D eigenvalue weighted by Gasteiger charge is 2.35. The monoisotopic (exact) mass is 446 g/mol. The Hall–Kier alpha value is -2.23. The highest BCUT2D eigenvalue weighted by Crippen LogP contribution is 2.25. The van der Waals surface area contributed by atoms with Crippen LogP contribution in [0.1, 0.15) is 49.0 Å². The molecular formula is C22H30N4O4S. The Kier molecular flexibility index (Phi) is 7.37. The summed E-state index contributed by atoms with van der Waals surface area (Å²) >= 11 is 1.54. The second-order valence-electron chi connectivity index (χ2n) is 8.44. The molecule has 0 spiro atoms. The molecule has 9 heteroatoms. The molecule has 2 atom stereocenters. The Morgan fingerprint density at radius 1 is 1.26 bits per heavy atom. The smallest absolute Gasteiger partial charge is 0.273 e. The van der Waals surface area contributed by atoms with Crippen molar-refractivity contribution in [2.75, 3.05) is 26.2 Å². The summed E-state index contributed by atoms with van der Waals surface area (Å²) in [6, 6.07) is 5.47. The number of unbranched alkanes of at least 4 members (excludes halogenated alkanes) is 2. The number of aliphatic hydroxyl groups excluding tert-OH is 1. The Bertz CT molecular complexity index is 863. The van der Waals surface area contributed by atoms with Crippen LogP contribution in [0.3, 0.4) is 0 Å². The van der Waals surface area contributed by atoms with Gasteiger partial charge in [0.2, 0.25) is 5.91 Å². The summed E-state index contributed by atoms with van der Waals surface area (Å²) in [6.07, 6.45) is 5.23. The van der Waals surface area contributed by atoms with E-state index in [-0.39, 0.29) is 29.9 Å². The fourth-order valence-corrected chi connectivity index (χ4v) is 4.85. The first-order valence-corrected chi connectivity index (χ1v) is 12.0. The van der Waals surface area contributed by atoms with Gasteiger partial charge in [-0.2, -0.15) is 0 Å². The molecule has 168 valence electrons. The molecule has 2 unspecified atom stereocenters. The number of hydrogen-bond acceptors (Lipinski definition) is 7. The minimum atomic E-state index is -0.382. The quantitative estimate of drug-likeness (QED) is 0.483. The molecule has 0 bridgehead atoms. The normalized spacial score (nSPS) is 21.7. The Balaban J connectivity index is 1.04. The molecule has 2 fully saturated rings. The van der Waals surface area contributed by atoms with E-state index in [1.807, 2.05) is 17.5 Å². The molecule has 1 aliphatic heterocycles. The standard InChI is InChI=1S/C22H30N4O4S/c27-18-7-4-6-16(18)24-21(28)15-13-26(14-15)10-3-1-2-9-23-22(29)17-12-19(30-25-17)20-8-5-11-31-20/h5,8,11-12,15-16,18,27H,1-4,6-7,9-10,13-14H2,(H,23,29)(H,24,28). The molecule has 2 aliphatic rings. The van der Waals surface area contributed by atoms with Crippen molar-refractivity contribution >= 4 is 23.2 Å². The molecule has 3 N–H and O–H groups in total. The van der Waals surface area contributed by atoms with Crippen molar-refractivity contribution in [1.82, 2.24) is 20.7 Å². The molecule has 1 aliphatic carbocycles. The summed E-state index contributed by atoms with van der Waals surface area (Å²) in [7, 11) is 0. The zero-order chi connectivity index (χ0) is 21.6. The number of aromatic nitrogens is 1. The first-order valence-electron chi connectivity index (χ1n) is 11.1.